The summed E-state index contributed by atoms with van der Waals surface area (Å²) in [7, 11) is 3.14. The van der Waals surface area contributed by atoms with Gasteiger partial charge in [-0.3, -0.25) is 0 Å². The van der Waals surface area contributed by atoms with Gasteiger partial charge in [-0.2, -0.15) is 0 Å². The number of aromatic nitrogens is 2. The summed E-state index contributed by atoms with van der Waals surface area (Å²) in [6, 6.07) is 10.5. The maximum atomic E-state index is 12.0. The van der Waals surface area contributed by atoms with Crippen LogP contribution in [0.4, 0.5) is 0 Å². The van der Waals surface area contributed by atoms with Crippen LogP contribution in [-0.4, -0.2) is 24.4 Å². The third kappa shape index (κ3) is 4.40. The summed E-state index contributed by atoms with van der Waals surface area (Å²) in [6.07, 6.45) is 0.748. The summed E-state index contributed by atoms with van der Waals surface area (Å²) in [4.78, 5) is 12.0. The lowest BCUT2D eigenvalue weighted by Gasteiger charge is -2.08. The van der Waals surface area contributed by atoms with Crippen molar-refractivity contribution in [3.05, 3.63) is 63.0 Å². The lowest BCUT2D eigenvalue weighted by atomic mass is 10.1. The highest BCUT2D eigenvalue weighted by atomic mass is 35.5. The molecule has 0 amide bonds. The van der Waals surface area contributed by atoms with E-state index in [1.54, 1.807) is 26.4 Å². The number of benzene rings is 2. The van der Waals surface area contributed by atoms with E-state index in [4.69, 9.17) is 29.9 Å². The SMILES string of the molecule is CCc1cc2oc(=O)cc(CSc3nnc(-c4ccc(OC)c(OC)c4)o3)c2cc1Cl. The van der Waals surface area contributed by atoms with Gasteiger partial charge in [0.05, 0.1) is 14.2 Å². The summed E-state index contributed by atoms with van der Waals surface area (Å²) in [5.74, 6) is 1.98. The van der Waals surface area contributed by atoms with Crippen LogP contribution in [0.15, 0.2) is 55.2 Å². The van der Waals surface area contributed by atoms with Crippen LogP contribution in [0.5, 0.6) is 11.5 Å². The Labute approximate surface area is 187 Å². The summed E-state index contributed by atoms with van der Waals surface area (Å²) in [5.41, 5.74) is 2.52. The molecule has 0 aliphatic heterocycles. The first-order valence-electron chi connectivity index (χ1n) is 9.46. The van der Waals surface area contributed by atoms with Gasteiger partial charge in [0.25, 0.3) is 5.22 Å². The predicted octanol–water partition coefficient (Wildman–Crippen LogP) is 5.37. The zero-order valence-electron chi connectivity index (χ0n) is 17.1. The molecular weight excluding hydrogens is 440 g/mol. The summed E-state index contributed by atoms with van der Waals surface area (Å²) < 4.78 is 21.7. The number of halogens is 1. The molecular formula is C22H19ClN2O5S. The fourth-order valence-corrected chi connectivity index (χ4v) is 4.22. The lowest BCUT2D eigenvalue weighted by molar-refractivity contribution is 0.355. The minimum atomic E-state index is -0.413. The number of methoxy groups -OCH3 is 2. The Morgan fingerprint density at radius 3 is 2.55 bits per heavy atom. The van der Waals surface area contributed by atoms with Crippen LogP contribution >= 0.6 is 23.4 Å². The molecule has 2 aromatic heterocycles. The molecule has 0 unspecified atom stereocenters. The second-order valence-electron chi connectivity index (χ2n) is 6.62. The van der Waals surface area contributed by atoms with Crippen LogP contribution in [0.2, 0.25) is 5.02 Å². The zero-order valence-corrected chi connectivity index (χ0v) is 18.7. The smallest absolute Gasteiger partial charge is 0.336 e. The first-order valence-corrected chi connectivity index (χ1v) is 10.8. The molecule has 2 aromatic carbocycles. The van der Waals surface area contributed by atoms with Crippen LogP contribution in [0.25, 0.3) is 22.4 Å². The van der Waals surface area contributed by atoms with Crippen molar-refractivity contribution >= 4 is 34.3 Å². The monoisotopic (exact) mass is 458 g/mol. The van der Waals surface area contributed by atoms with Crippen molar-refractivity contribution in [3.63, 3.8) is 0 Å². The molecule has 0 aliphatic rings. The van der Waals surface area contributed by atoms with Crippen LogP contribution in [0.1, 0.15) is 18.1 Å². The summed E-state index contributed by atoms with van der Waals surface area (Å²) in [6.45, 7) is 2.00. The van der Waals surface area contributed by atoms with E-state index in [1.807, 2.05) is 25.1 Å². The number of hydrogen-bond acceptors (Lipinski definition) is 8. The Morgan fingerprint density at radius 2 is 1.81 bits per heavy atom. The van der Waals surface area contributed by atoms with Crippen molar-refractivity contribution in [2.45, 2.75) is 24.3 Å². The van der Waals surface area contributed by atoms with E-state index in [0.29, 0.717) is 44.5 Å². The minimum absolute atomic E-state index is 0.358. The topological polar surface area (TPSA) is 87.6 Å². The molecule has 160 valence electrons. The number of fused-ring (bicyclic) bond motifs is 1. The van der Waals surface area contributed by atoms with Gasteiger partial charge in [-0.25, -0.2) is 4.79 Å². The normalized spacial score (nSPS) is 11.1. The van der Waals surface area contributed by atoms with Crippen molar-refractivity contribution in [2.75, 3.05) is 14.2 Å². The highest BCUT2D eigenvalue weighted by Gasteiger charge is 2.15. The largest absolute Gasteiger partial charge is 0.493 e. The Morgan fingerprint density at radius 1 is 1.00 bits per heavy atom. The maximum Gasteiger partial charge on any atom is 0.336 e. The lowest BCUT2D eigenvalue weighted by Crippen LogP contribution is -2.00. The molecule has 0 atom stereocenters. The molecule has 0 bridgehead atoms. The van der Waals surface area contributed by atoms with E-state index < -0.39 is 5.63 Å². The van der Waals surface area contributed by atoms with Crippen molar-refractivity contribution in [1.29, 1.82) is 0 Å². The average molecular weight is 459 g/mol. The third-order valence-electron chi connectivity index (χ3n) is 4.77. The number of nitrogens with zero attached hydrogens (tertiary/aromatic N) is 2. The van der Waals surface area contributed by atoms with Crippen molar-refractivity contribution in [1.82, 2.24) is 10.2 Å². The van der Waals surface area contributed by atoms with Gasteiger partial charge in [0.2, 0.25) is 5.89 Å². The standard InChI is InChI=1S/C22H19ClN2O5S/c1-4-12-7-18-15(10-16(12)23)14(9-20(26)29-18)11-31-22-25-24-21(30-22)13-5-6-17(27-2)19(8-13)28-3/h5-10H,4,11H2,1-3H3. The number of hydrogen-bond donors (Lipinski definition) is 0. The molecule has 0 spiro atoms. The minimum Gasteiger partial charge on any atom is -0.493 e. The molecule has 4 aromatic rings. The zero-order chi connectivity index (χ0) is 22.0. The molecule has 0 radical (unpaired) electrons. The van der Waals surface area contributed by atoms with Crippen molar-refractivity contribution < 1.29 is 18.3 Å². The van der Waals surface area contributed by atoms with Gasteiger partial charge < -0.3 is 18.3 Å². The Hall–Kier alpha value is -2.97. The Kier molecular flexibility index (Phi) is 6.20. The predicted molar refractivity (Wildman–Crippen MR) is 119 cm³/mol. The van der Waals surface area contributed by atoms with E-state index in [9.17, 15) is 4.79 Å². The van der Waals surface area contributed by atoms with Crippen LogP contribution in [0, 0.1) is 0 Å². The molecule has 9 heteroatoms. The van der Waals surface area contributed by atoms with Crippen molar-refractivity contribution in [2.24, 2.45) is 0 Å². The molecule has 7 nitrogen and oxygen atoms in total. The second-order valence-corrected chi connectivity index (χ2v) is 7.95. The number of aryl methyl sites for hydroxylation is 1. The van der Waals surface area contributed by atoms with Gasteiger partial charge in [-0.1, -0.05) is 30.3 Å². The molecule has 0 saturated carbocycles. The van der Waals surface area contributed by atoms with E-state index >= 15 is 0 Å². The molecule has 0 fully saturated rings. The summed E-state index contributed by atoms with van der Waals surface area (Å²) in [5, 5.41) is 10.0. The maximum absolute atomic E-state index is 12.0. The first kappa shape index (κ1) is 21.3. The first-order chi connectivity index (χ1) is 15.0. The van der Waals surface area contributed by atoms with Crippen molar-refractivity contribution in [3.8, 4) is 23.0 Å². The molecule has 31 heavy (non-hydrogen) atoms. The number of thioether (sulfide) groups is 1. The van der Waals surface area contributed by atoms with E-state index in [2.05, 4.69) is 10.2 Å². The van der Waals surface area contributed by atoms with E-state index in [0.717, 1.165) is 22.9 Å². The highest BCUT2D eigenvalue weighted by molar-refractivity contribution is 7.98. The summed E-state index contributed by atoms with van der Waals surface area (Å²) >= 11 is 7.69. The van der Waals surface area contributed by atoms with Gasteiger partial charge >= 0.3 is 5.63 Å². The third-order valence-corrected chi connectivity index (χ3v) is 5.99. The fourth-order valence-electron chi connectivity index (χ4n) is 3.17. The number of rotatable bonds is 7. The molecule has 0 N–H and O–H groups in total. The van der Waals surface area contributed by atoms with Crippen LogP contribution in [-0.2, 0) is 12.2 Å². The molecule has 0 saturated heterocycles. The van der Waals surface area contributed by atoms with Gasteiger partial charge in [-0.05, 0) is 47.9 Å². The molecule has 4 rings (SSSR count). The number of ether oxygens (including phenoxy) is 2. The average Bonchev–Trinajstić information content (AvgIpc) is 3.26. The molecule has 2 heterocycles. The van der Waals surface area contributed by atoms with E-state index in [-0.39, 0.29) is 0 Å². The quantitative estimate of drug-likeness (QED) is 0.270. The van der Waals surface area contributed by atoms with Crippen LogP contribution < -0.4 is 15.1 Å². The van der Waals surface area contributed by atoms with E-state index in [1.165, 1.54) is 17.8 Å². The van der Waals surface area contributed by atoms with Gasteiger partial charge in [0.15, 0.2) is 11.5 Å². The van der Waals surface area contributed by atoms with Gasteiger partial charge in [0.1, 0.15) is 5.58 Å². The second kappa shape index (κ2) is 9.03. The Balaban J connectivity index is 1.58. The van der Waals surface area contributed by atoms with Gasteiger partial charge in [0, 0.05) is 27.8 Å². The highest BCUT2D eigenvalue weighted by Crippen LogP contribution is 2.34. The molecule has 0 aliphatic carbocycles. The van der Waals surface area contributed by atoms with Crippen LogP contribution in [0.3, 0.4) is 0 Å². The Bertz CT molecular complexity index is 1300. The van der Waals surface area contributed by atoms with Gasteiger partial charge in [-0.15, -0.1) is 10.2 Å². The fraction of sp³-hybridized carbons (Fsp3) is 0.227.